The molecule has 1 heterocycles. The Bertz CT molecular complexity index is 1190. The second kappa shape index (κ2) is 9.97. The monoisotopic (exact) mass is 520 g/mol. The zero-order valence-electron chi connectivity index (χ0n) is 22.2. The maximum Gasteiger partial charge on any atom is 0.410 e. The van der Waals surface area contributed by atoms with Crippen LogP contribution in [0.3, 0.4) is 0 Å². The highest BCUT2D eigenvalue weighted by Gasteiger charge is 2.53. The number of carboxylic acid groups (broad SMARTS) is 1. The molecule has 2 N–H and O–H groups in total. The first-order valence-corrected chi connectivity index (χ1v) is 13.4. The largest absolute Gasteiger partial charge is 0.480 e. The smallest absolute Gasteiger partial charge is 0.410 e. The van der Waals surface area contributed by atoms with Gasteiger partial charge in [-0.05, 0) is 67.7 Å². The number of fused-ring (bicyclic) bond motifs is 3. The molecule has 2 aliphatic carbocycles. The molecule has 0 radical (unpaired) electrons. The molecule has 202 valence electrons. The zero-order chi connectivity index (χ0) is 27.1. The van der Waals surface area contributed by atoms with Crippen molar-refractivity contribution in [2.24, 2.45) is 11.3 Å². The Balaban J connectivity index is 1.29. The summed E-state index contributed by atoms with van der Waals surface area (Å²) in [6, 6.07) is 14.9. The molecule has 2 amide bonds. The fraction of sp³-hybridized carbons (Fsp3) is 0.500. The maximum atomic E-state index is 13.0. The number of hydrogen-bond donors (Lipinski definition) is 2. The SMILES string of the molecule is CC(C)(C)OC(=O)N1CCC2(CCC2)C(C(NC(=O)OCC2c3ccccc3-c3ccccc32)C(=O)O)C1. The van der Waals surface area contributed by atoms with E-state index in [0.29, 0.717) is 13.0 Å². The van der Waals surface area contributed by atoms with Crippen molar-refractivity contribution in [1.82, 2.24) is 10.2 Å². The summed E-state index contributed by atoms with van der Waals surface area (Å²) in [5, 5.41) is 12.8. The Morgan fingerprint density at radius 1 is 1.03 bits per heavy atom. The standard InChI is InChI=1S/C30H36N2O6/c1-29(2,3)38-28(36)32-16-15-30(13-8-14-30)24(17-32)25(26(33)34)31-27(35)37-18-23-21-11-6-4-9-19(21)20-10-5-7-12-22(20)23/h4-7,9-12,23-25H,8,13-18H2,1-3H3,(H,31,35)(H,33,34). The summed E-state index contributed by atoms with van der Waals surface area (Å²) in [5.41, 5.74) is 3.56. The second-order valence-electron chi connectivity index (χ2n) is 11.8. The molecule has 5 rings (SSSR count). The minimum Gasteiger partial charge on any atom is -0.480 e. The van der Waals surface area contributed by atoms with Crippen molar-refractivity contribution < 1.29 is 29.0 Å². The molecule has 2 aromatic rings. The fourth-order valence-corrected chi connectivity index (χ4v) is 6.37. The van der Waals surface area contributed by atoms with E-state index in [9.17, 15) is 19.5 Å². The molecule has 3 aliphatic rings. The van der Waals surface area contributed by atoms with Crippen LogP contribution in [0.4, 0.5) is 9.59 Å². The minimum atomic E-state index is -1.17. The van der Waals surface area contributed by atoms with Crippen LogP contribution < -0.4 is 5.32 Å². The summed E-state index contributed by atoms with van der Waals surface area (Å²) in [7, 11) is 0. The molecule has 1 saturated carbocycles. The number of carbonyl (C=O) groups is 3. The molecular weight excluding hydrogens is 484 g/mol. The molecule has 8 heteroatoms. The van der Waals surface area contributed by atoms with Crippen LogP contribution in [0.5, 0.6) is 0 Å². The summed E-state index contributed by atoms with van der Waals surface area (Å²) >= 11 is 0. The van der Waals surface area contributed by atoms with E-state index in [1.54, 1.807) is 25.7 Å². The summed E-state index contributed by atoms with van der Waals surface area (Å²) in [5.74, 6) is -1.68. The summed E-state index contributed by atoms with van der Waals surface area (Å²) in [4.78, 5) is 39.8. The molecular formula is C30H36N2O6. The van der Waals surface area contributed by atoms with Crippen LogP contribution in [0.2, 0.25) is 0 Å². The lowest BCUT2D eigenvalue weighted by Crippen LogP contribution is -2.61. The van der Waals surface area contributed by atoms with Gasteiger partial charge in [-0.2, -0.15) is 0 Å². The Morgan fingerprint density at radius 3 is 2.16 bits per heavy atom. The number of alkyl carbamates (subject to hydrolysis) is 1. The lowest BCUT2D eigenvalue weighted by Gasteiger charge is -2.54. The highest BCUT2D eigenvalue weighted by Crippen LogP contribution is 2.53. The van der Waals surface area contributed by atoms with Crippen LogP contribution in [0, 0.1) is 11.3 Å². The van der Waals surface area contributed by atoms with Gasteiger partial charge in [-0.15, -0.1) is 0 Å². The number of carboxylic acids is 1. The predicted octanol–water partition coefficient (Wildman–Crippen LogP) is 5.41. The molecule has 1 aliphatic heterocycles. The number of amides is 2. The number of benzene rings is 2. The van der Waals surface area contributed by atoms with Gasteiger partial charge in [0, 0.05) is 24.9 Å². The normalized spacial score (nSPS) is 20.6. The fourth-order valence-electron chi connectivity index (χ4n) is 6.37. The molecule has 2 fully saturated rings. The van der Waals surface area contributed by atoms with E-state index in [1.807, 2.05) is 36.4 Å². The number of nitrogens with one attached hydrogen (secondary N) is 1. The van der Waals surface area contributed by atoms with Crippen LogP contribution in [-0.2, 0) is 14.3 Å². The molecule has 38 heavy (non-hydrogen) atoms. The van der Waals surface area contributed by atoms with E-state index in [2.05, 4.69) is 17.4 Å². The molecule has 2 atom stereocenters. The molecule has 1 saturated heterocycles. The van der Waals surface area contributed by atoms with E-state index >= 15 is 0 Å². The molecule has 8 nitrogen and oxygen atoms in total. The van der Waals surface area contributed by atoms with E-state index in [0.717, 1.165) is 41.5 Å². The molecule has 0 aromatic heterocycles. The number of ether oxygens (including phenoxy) is 2. The molecule has 2 aromatic carbocycles. The zero-order valence-corrected chi connectivity index (χ0v) is 22.2. The van der Waals surface area contributed by atoms with Crippen molar-refractivity contribution in [3.05, 3.63) is 59.7 Å². The maximum absolute atomic E-state index is 13.0. The highest BCUT2D eigenvalue weighted by molar-refractivity contribution is 5.81. The Hall–Kier alpha value is -3.55. The predicted molar refractivity (Wildman–Crippen MR) is 142 cm³/mol. The van der Waals surface area contributed by atoms with Crippen LogP contribution in [0.15, 0.2) is 48.5 Å². The van der Waals surface area contributed by atoms with E-state index in [4.69, 9.17) is 9.47 Å². The first-order chi connectivity index (χ1) is 18.1. The van der Waals surface area contributed by atoms with Gasteiger partial charge in [0.25, 0.3) is 0 Å². The third-order valence-electron chi connectivity index (χ3n) is 8.37. The lowest BCUT2D eigenvalue weighted by atomic mass is 9.56. The van der Waals surface area contributed by atoms with Gasteiger partial charge in [-0.1, -0.05) is 55.0 Å². The van der Waals surface area contributed by atoms with Crippen molar-refractivity contribution in [2.45, 2.75) is 64.0 Å². The first-order valence-electron chi connectivity index (χ1n) is 13.4. The number of rotatable bonds is 5. The van der Waals surface area contributed by atoms with E-state index in [1.165, 1.54) is 0 Å². The molecule has 1 spiro atoms. The number of nitrogens with zero attached hydrogens (tertiary/aromatic N) is 1. The average molecular weight is 521 g/mol. The third kappa shape index (κ3) is 4.96. The number of likely N-dealkylation sites (tertiary alicyclic amines) is 1. The van der Waals surface area contributed by atoms with Crippen molar-refractivity contribution >= 4 is 18.2 Å². The quantitative estimate of drug-likeness (QED) is 0.547. The summed E-state index contributed by atoms with van der Waals surface area (Å²) in [6.45, 7) is 6.25. The third-order valence-corrected chi connectivity index (χ3v) is 8.37. The number of aliphatic carboxylic acids is 1. The van der Waals surface area contributed by atoms with Gasteiger partial charge in [0.05, 0.1) is 0 Å². The van der Waals surface area contributed by atoms with Gasteiger partial charge in [-0.25, -0.2) is 14.4 Å². The van der Waals surface area contributed by atoms with E-state index in [-0.39, 0.29) is 24.5 Å². The van der Waals surface area contributed by atoms with E-state index < -0.39 is 35.7 Å². The summed E-state index contributed by atoms with van der Waals surface area (Å²) in [6.07, 6.45) is 2.25. The highest BCUT2D eigenvalue weighted by atomic mass is 16.6. The van der Waals surface area contributed by atoms with Gasteiger partial charge in [-0.3, -0.25) is 0 Å². The van der Waals surface area contributed by atoms with Gasteiger partial charge < -0.3 is 24.8 Å². The number of carbonyl (C=O) groups excluding carboxylic acids is 2. The summed E-state index contributed by atoms with van der Waals surface area (Å²) < 4.78 is 11.2. The first kappa shape index (κ1) is 26.1. The van der Waals surface area contributed by atoms with Gasteiger partial charge in [0.15, 0.2) is 0 Å². The van der Waals surface area contributed by atoms with Crippen molar-refractivity contribution in [3.63, 3.8) is 0 Å². The average Bonchev–Trinajstić information content (AvgIpc) is 3.17. The Kier molecular flexibility index (Phi) is 6.84. The molecule has 2 unspecified atom stereocenters. The lowest BCUT2D eigenvalue weighted by molar-refractivity contribution is -0.146. The topological polar surface area (TPSA) is 105 Å². The number of hydrogen-bond acceptors (Lipinski definition) is 5. The Labute approximate surface area is 223 Å². The van der Waals surface area contributed by atoms with Crippen LogP contribution in [0.25, 0.3) is 11.1 Å². The van der Waals surface area contributed by atoms with Gasteiger partial charge in [0.2, 0.25) is 0 Å². The molecule has 0 bridgehead atoms. The van der Waals surface area contributed by atoms with Crippen molar-refractivity contribution in [3.8, 4) is 11.1 Å². The van der Waals surface area contributed by atoms with Crippen LogP contribution in [0.1, 0.15) is 63.5 Å². The minimum absolute atomic E-state index is 0.103. The van der Waals surface area contributed by atoms with Crippen LogP contribution in [-0.4, -0.2) is 59.5 Å². The van der Waals surface area contributed by atoms with Gasteiger partial charge in [0.1, 0.15) is 18.2 Å². The Morgan fingerprint density at radius 2 is 1.63 bits per heavy atom. The number of piperidine rings is 1. The second-order valence-corrected chi connectivity index (χ2v) is 11.8. The van der Waals surface area contributed by atoms with Gasteiger partial charge >= 0.3 is 18.2 Å². The van der Waals surface area contributed by atoms with Crippen molar-refractivity contribution in [2.75, 3.05) is 19.7 Å². The van der Waals surface area contributed by atoms with Crippen molar-refractivity contribution in [1.29, 1.82) is 0 Å². The van der Waals surface area contributed by atoms with Crippen LogP contribution >= 0.6 is 0 Å².